The average Bonchev–Trinajstić information content (AvgIpc) is 3.09. The molecule has 0 unspecified atom stereocenters. The van der Waals surface area contributed by atoms with Crippen molar-refractivity contribution in [3.05, 3.63) is 65.0 Å². The topological polar surface area (TPSA) is 166 Å². The van der Waals surface area contributed by atoms with Gasteiger partial charge >= 0.3 is 5.92 Å². The molecule has 4 rings (SSSR count). The first kappa shape index (κ1) is 37.4. The van der Waals surface area contributed by atoms with Crippen molar-refractivity contribution in [2.45, 2.75) is 76.3 Å². The highest BCUT2D eigenvalue weighted by atomic mass is 32.2. The third-order valence-electron chi connectivity index (χ3n) is 9.17. The molecule has 3 atom stereocenters. The van der Waals surface area contributed by atoms with E-state index in [0.717, 1.165) is 24.6 Å². The van der Waals surface area contributed by atoms with Gasteiger partial charge < -0.3 is 20.9 Å². The molecule has 49 heavy (non-hydrogen) atoms. The lowest BCUT2D eigenvalue weighted by Crippen LogP contribution is -2.54. The summed E-state index contributed by atoms with van der Waals surface area (Å²) in [5, 5.41) is 16.4. The molecule has 2 aromatic rings. The van der Waals surface area contributed by atoms with Crippen molar-refractivity contribution in [3.8, 4) is 6.07 Å². The van der Waals surface area contributed by atoms with Gasteiger partial charge in [-0.25, -0.2) is 12.8 Å². The molecule has 0 radical (unpaired) electrons. The Morgan fingerprint density at radius 2 is 1.69 bits per heavy atom. The number of nitrogens with zero attached hydrogens (tertiary/aromatic N) is 2. The Bertz CT molecular complexity index is 1710. The van der Waals surface area contributed by atoms with Crippen LogP contribution >= 0.6 is 0 Å². The zero-order chi connectivity index (χ0) is 35.9. The molecule has 1 saturated carbocycles. The Balaban J connectivity index is 1.53. The predicted octanol–water partition coefficient (Wildman–Crippen LogP) is 3.75. The first-order valence-electron chi connectivity index (χ1n) is 16.2. The van der Waals surface area contributed by atoms with Crippen molar-refractivity contribution in [3.63, 3.8) is 0 Å². The molecule has 1 aliphatic carbocycles. The van der Waals surface area contributed by atoms with Crippen LogP contribution < -0.4 is 16.0 Å². The summed E-state index contributed by atoms with van der Waals surface area (Å²) < 4.78 is 69.8. The second kappa shape index (κ2) is 15.8. The molecule has 1 saturated heterocycles. The van der Waals surface area contributed by atoms with Crippen LogP contribution in [0.25, 0.3) is 0 Å². The largest absolute Gasteiger partial charge is 0.349 e. The molecule has 0 bridgehead atoms. The Morgan fingerprint density at radius 3 is 2.31 bits per heavy atom. The van der Waals surface area contributed by atoms with Crippen LogP contribution in [-0.2, 0) is 34.9 Å². The summed E-state index contributed by atoms with van der Waals surface area (Å²) in [5.74, 6) is -10.2. The first-order chi connectivity index (χ1) is 23.2. The maximum absolute atomic E-state index is 15.6. The Labute approximate surface area is 283 Å². The van der Waals surface area contributed by atoms with Gasteiger partial charge in [0.15, 0.2) is 9.84 Å². The van der Waals surface area contributed by atoms with Crippen LogP contribution in [0.4, 0.5) is 18.9 Å². The van der Waals surface area contributed by atoms with Crippen molar-refractivity contribution < 1.29 is 40.8 Å². The monoisotopic (exact) mass is 703 g/mol. The fraction of sp³-hybridized carbons (Fsp3) is 0.500. The van der Waals surface area contributed by atoms with Gasteiger partial charge in [-0.3, -0.25) is 19.2 Å². The van der Waals surface area contributed by atoms with E-state index < -0.39 is 74.7 Å². The molecular formula is C34H40F3N5O6S. The van der Waals surface area contributed by atoms with Gasteiger partial charge in [-0.1, -0.05) is 51.3 Å². The highest BCUT2D eigenvalue weighted by Gasteiger charge is 2.44. The van der Waals surface area contributed by atoms with Gasteiger partial charge in [0.2, 0.25) is 17.7 Å². The minimum Gasteiger partial charge on any atom is -0.344 e. The molecule has 15 heteroatoms. The number of hydrogen-bond acceptors (Lipinski definition) is 7. The molecule has 2 aliphatic rings. The van der Waals surface area contributed by atoms with Gasteiger partial charge in [-0.2, -0.15) is 14.0 Å². The summed E-state index contributed by atoms with van der Waals surface area (Å²) >= 11 is 0. The lowest BCUT2D eigenvalue weighted by Gasteiger charge is -2.33. The van der Waals surface area contributed by atoms with E-state index in [-0.39, 0.29) is 42.3 Å². The van der Waals surface area contributed by atoms with E-state index in [4.69, 9.17) is 5.26 Å². The van der Waals surface area contributed by atoms with E-state index >= 15 is 13.2 Å². The molecule has 264 valence electrons. The molecule has 1 aliphatic heterocycles. The summed E-state index contributed by atoms with van der Waals surface area (Å²) in [6, 6.07) is 7.45. The highest BCUT2D eigenvalue weighted by molar-refractivity contribution is 7.91. The second-order valence-electron chi connectivity index (χ2n) is 12.5. The van der Waals surface area contributed by atoms with Crippen molar-refractivity contribution in [1.82, 2.24) is 15.5 Å². The van der Waals surface area contributed by atoms with Crippen LogP contribution in [0.1, 0.15) is 75.0 Å². The zero-order valence-electron chi connectivity index (χ0n) is 27.3. The summed E-state index contributed by atoms with van der Waals surface area (Å²) in [6.45, 7) is 3.13. The maximum Gasteiger partial charge on any atom is 0.349 e. The quantitative estimate of drug-likeness (QED) is 0.321. The van der Waals surface area contributed by atoms with Gasteiger partial charge in [-0.05, 0) is 48.6 Å². The van der Waals surface area contributed by atoms with Crippen molar-refractivity contribution in [1.29, 1.82) is 5.26 Å². The minimum absolute atomic E-state index is 0.0391. The number of halogens is 3. The molecule has 2 fully saturated rings. The third kappa shape index (κ3) is 9.17. The Kier molecular flexibility index (Phi) is 12.1. The van der Waals surface area contributed by atoms with Crippen molar-refractivity contribution in [2.75, 3.05) is 29.9 Å². The number of anilines is 1. The zero-order valence-corrected chi connectivity index (χ0v) is 28.1. The maximum atomic E-state index is 15.6. The summed E-state index contributed by atoms with van der Waals surface area (Å²) in [7, 11) is -3.27. The molecular weight excluding hydrogens is 663 g/mol. The second-order valence-corrected chi connectivity index (χ2v) is 14.8. The molecule has 0 spiro atoms. The highest BCUT2D eigenvalue weighted by Crippen LogP contribution is 2.32. The molecule has 1 heterocycles. The number of carbonyl (C=O) groups is 4. The Hall–Kier alpha value is -4.45. The van der Waals surface area contributed by atoms with Gasteiger partial charge in [0.05, 0.1) is 28.8 Å². The van der Waals surface area contributed by atoms with E-state index in [1.54, 1.807) is 19.9 Å². The third-order valence-corrected chi connectivity index (χ3v) is 10.8. The van der Waals surface area contributed by atoms with Crippen LogP contribution in [0.2, 0.25) is 0 Å². The standard InChI is InChI=1S/C34H40F3N5O6S/c1-3-28(43)40-29(32(45)42-14-16-49(47,48)17-15-42)21(2)24-12-13-27(26(35)19-24)39-31(44)30(23-9-5-4-6-10-23)41-33(46)34(36,37)25-11-7-8-22(18-25)20-38/h7-8,11-13,18-19,21,23,29-30H,3-6,9-10,14-17H2,1-2H3,(H,39,44)(H,40,43)(H,41,46)/t21-,29+,30-/m0/s1. The molecule has 2 aromatic carbocycles. The van der Waals surface area contributed by atoms with Gasteiger partial charge in [0.25, 0.3) is 5.91 Å². The average molecular weight is 704 g/mol. The SMILES string of the molecule is CCC(=O)N[C@@H](C(=O)N1CCS(=O)(=O)CC1)[C@@H](C)c1ccc(NC(=O)[C@@H](NC(=O)C(F)(F)c2cccc(C#N)c2)C2CCCCC2)c(F)c1. The normalized spacial score (nSPS) is 18.3. The molecule has 4 amide bonds. The number of amides is 4. The number of nitriles is 1. The van der Waals surface area contributed by atoms with Crippen LogP contribution in [0.15, 0.2) is 42.5 Å². The molecule has 11 nitrogen and oxygen atoms in total. The predicted molar refractivity (Wildman–Crippen MR) is 174 cm³/mol. The minimum atomic E-state index is -4.06. The Morgan fingerprint density at radius 1 is 1.02 bits per heavy atom. The van der Waals surface area contributed by atoms with E-state index in [2.05, 4.69) is 16.0 Å². The van der Waals surface area contributed by atoms with Gasteiger partial charge in [0, 0.05) is 31.0 Å². The van der Waals surface area contributed by atoms with Crippen molar-refractivity contribution in [2.24, 2.45) is 5.92 Å². The summed E-state index contributed by atoms with van der Waals surface area (Å²) in [6.07, 6.45) is 3.34. The first-order valence-corrected chi connectivity index (χ1v) is 18.1. The van der Waals surface area contributed by atoms with Crippen LogP contribution in [-0.4, -0.2) is 73.6 Å². The number of rotatable bonds is 11. The number of hydrogen-bond donors (Lipinski definition) is 3. The summed E-state index contributed by atoms with van der Waals surface area (Å²) in [4.78, 5) is 53.6. The fourth-order valence-corrected chi connectivity index (χ4v) is 7.34. The van der Waals surface area contributed by atoms with E-state index in [1.807, 2.05) is 0 Å². The van der Waals surface area contributed by atoms with Crippen LogP contribution in [0, 0.1) is 23.1 Å². The summed E-state index contributed by atoms with van der Waals surface area (Å²) in [5.41, 5.74) is -0.762. The number of benzene rings is 2. The molecule has 3 N–H and O–H groups in total. The van der Waals surface area contributed by atoms with Crippen LogP contribution in [0.5, 0.6) is 0 Å². The van der Waals surface area contributed by atoms with E-state index in [9.17, 15) is 27.6 Å². The molecule has 0 aromatic heterocycles. The van der Waals surface area contributed by atoms with Crippen molar-refractivity contribution >= 4 is 39.2 Å². The van der Waals surface area contributed by atoms with E-state index in [1.165, 1.54) is 29.2 Å². The lowest BCUT2D eigenvalue weighted by molar-refractivity contribution is -0.149. The number of sulfone groups is 1. The smallest absolute Gasteiger partial charge is 0.344 e. The van der Waals surface area contributed by atoms with Gasteiger partial charge in [0.1, 0.15) is 17.9 Å². The van der Waals surface area contributed by atoms with Gasteiger partial charge in [-0.15, -0.1) is 0 Å². The number of alkyl halides is 2. The fourth-order valence-electron chi connectivity index (χ4n) is 6.14. The van der Waals surface area contributed by atoms with E-state index in [0.29, 0.717) is 31.2 Å². The number of nitrogens with one attached hydrogen (secondary N) is 3. The number of carbonyl (C=O) groups excluding carboxylic acids is 4. The lowest BCUT2D eigenvalue weighted by atomic mass is 9.83. The van der Waals surface area contributed by atoms with Crippen LogP contribution in [0.3, 0.4) is 0 Å².